The number of rotatable bonds is 11. The summed E-state index contributed by atoms with van der Waals surface area (Å²) in [5, 5.41) is 7.91. The Labute approximate surface area is 206 Å². The van der Waals surface area contributed by atoms with Crippen molar-refractivity contribution in [2.45, 2.75) is 53.0 Å². The fourth-order valence-electron chi connectivity index (χ4n) is 4.46. The summed E-state index contributed by atoms with van der Waals surface area (Å²) in [6.45, 7) is 8.13. The number of amides is 1. The highest BCUT2D eigenvalue weighted by Gasteiger charge is 2.23. The molecule has 8 heteroatoms. The maximum atomic E-state index is 13.0. The maximum Gasteiger partial charge on any atom is 0.251 e. The molecule has 0 atom stereocenters. The van der Waals surface area contributed by atoms with Gasteiger partial charge in [0.05, 0.1) is 32.1 Å². The van der Waals surface area contributed by atoms with Crippen molar-refractivity contribution in [3.05, 3.63) is 53.3 Å². The Balaban J connectivity index is 1.50. The molecular weight excluding hydrogens is 444 g/mol. The standard InChI is InChI=1S/C27H34N4O4/c1-4-33-23-17-19(18-24(34-5-2)26(23)35-6-3)27(32)29-15-16-31-22-13-8-7-11-20(22)25(30-31)21-12-9-10-14-28-21/h9-10,12,14,17-18H,4-8,11,13,15-16H2,1-3H3,(H,29,32). The topological polar surface area (TPSA) is 87.5 Å². The van der Waals surface area contributed by atoms with Gasteiger partial charge in [-0.25, -0.2) is 0 Å². The molecule has 0 aliphatic heterocycles. The Morgan fingerprint density at radius 1 is 1.00 bits per heavy atom. The average Bonchev–Trinajstić information content (AvgIpc) is 3.25. The summed E-state index contributed by atoms with van der Waals surface area (Å²) >= 11 is 0. The van der Waals surface area contributed by atoms with Gasteiger partial charge in [-0.2, -0.15) is 5.10 Å². The first-order valence-corrected chi connectivity index (χ1v) is 12.5. The molecule has 1 aliphatic rings. The van der Waals surface area contributed by atoms with Crippen molar-refractivity contribution < 1.29 is 19.0 Å². The van der Waals surface area contributed by atoms with Crippen molar-refractivity contribution in [1.82, 2.24) is 20.1 Å². The summed E-state index contributed by atoms with van der Waals surface area (Å²) < 4.78 is 19.3. The molecule has 3 aromatic rings. The first-order chi connectivity index (χ1) is 17.2. The van der Waals surface area contributed by atoms with Crippen LogP contribution < -0.4 is 19.5 Å². The van der Waals surface area contributed by atoms with Crippen LogP contribution >= 0.6 is 0 Å². The van der Waals surface area contributed by atoms with Gasteiger partial charge in [-0.3, -0.25) is 14.5 Å². The molecule has 0 saturated heterocycles. The summed E-state index contributed by atoms with van der Waals surface area (Å²) in [5.74, 6) is 1.34. The smallest absolute Gasteiger partial charge is 0.251 e. The Morgan fingerprint density at radius 2 is 1.71 bits per heavy atom. The van der Waals surface area contributed by atoms with E-state index in [1.54, 1.807) is 18.3 Å². The number of hydrogen-bond donors (Lipinski definition) is 1. The zero-order valence-corrected chi connectivity index (χ0v) is 20.8. The molecule has 0 saturated carbocycles. The lowest BCUT2D eigenvalue weighted by molar-refractivity contribution is 0.0950. The highest BCUT2D eigenvalue weighted by Crippen LogP contribution is 2.39. The van der Waals surface area contributed by atoms with Crippen LogP contribution in [0.3, 0.4) is 0 Å². The Hall–Kier alpha value is -3.55. The summed E-state index contributed by atoms with van der Waals surface area (Å²) in [6, 6.07) is 9.32. The molecule has 8 nitrogen and oxygen atoms in total. The van der Waals surface area contributed by atoms with Gasteiger partial charge in [0.1, 0.15) is 5.69 Å². The van der Waals surface area contributed by atoms with Gasteiger partial charge in [-0.05, 0) is 70.7 Å². The maximum absolute atomic E-state index is 13.0. The van der Waals surface area contributed by atoms with E-state index in [2.05, 4.69) is 10.3 Å². The zero-order chi connectivity index (χ0) is 24.6. The number of carbonyl (C=O) groups excluding carboxylic acids is 1. The van der Waals surface area contributed by atoms with Crippen molar-refractivity contribution in [1.29, 1.82) is 0 Å². The minimum Gasteiger partial charge on any atom is -0.490 e. The van der Waals surface area contributed by atoms with E-state index in [0.29, 0.717) is 55.7 Å². The molecule has 2 aromatic heterocycles. The number of hydrogen-bond acceptors (Lipinski definition) is 6. The second kappa shape index (κ2) is 11.7. The molecule has 1 amide bonds. The zero-order valence-electron chi connectivity index (χ0n) is 20.8. The van der Waals surface area contributed by atoms with Crippen LogP contribution in [-0.4, -0.2) is 47.0 Å². The number of nitrogens with one attached hydrogen (secondary N) is 1. The fraction of sp³-hybridized carbons (Fsp3) is 0.444. The van der Waals surface area contributed by atoms with Crippen LogP contribution in [0.1, 0.15) is 55.2 Å². The minimum absolute atomic E-state index is 0.194. The molecule has 0 fully saturated rings. The largest absolute Gasteiger partial charge is 0.490 e. The predicted molar refractivity (Wildman–Crippen MR) is 134 cm³/mol. The Kier molecular flexibility index (Phi) is 8.23. The van der Waals surface area contributed by atoms with E-state index in [1.165, 1.54) is 11.3 Å². The number of benzene rings is 1. The Morgan fingerprint density at radius 3 is 2.37 bits per heavy atom. The SMILES string of the molecule is CCOc1cc(C(=O)NCCn2nc(-c3ccccn3)c3c2CCCC3)cc(OCC)c1OCC. The molecular formula is C27H34N4O4. The fourth-order valence-corrected chi connectivity index (χ4v) is 4.46. The summed E-state index contributed by atoms with van der Waals surface area (Å²) in [6.07, 6.45) is 6.13. The van der Waals surface area contributed by atoms with Crippen LogP contribution in [0.4, 0.5) is 0 Å². The highest BCUT2D eigenvalue weighted by atomic mass is 16.5. The third-order valence-electron chi connectivity index (χ3n) is 5.94. The normalized spacial score (nSPS) is 12.7. The quantitative estimate of drug-likeness (QED) is 0.438. The van der Waals surface area contributed by atoms with E-state index in [4.69, 9.17) is 19.3 Å². The third-order valence-corrected chi connectivity index (χ3v) is 5.94. The van der Waals surface area contributed by atoms with E-state index in [9.17, 15) is 4.79 Å². The monoisotopic (exact) mass is 478 g/mol. The molecule has 1 aromatic carbocycles. The van der Waals surface area contributed by atoms with Crippen molar-refractivity contribution in [2.75, 3.05) is 26.4 Å². The van der Waals surface area contributed by atoms with Gasteiger partial charge in [-0.15, -0.1) is 0 Å². The van der Waals surface area contributed by atoms with Crippen LogP contribution in [-0.2, 0) is 19.4 Å². The first kappa shape index (κ1) is 24.6. The van der Waals surface area contributed by atoms with E-state index < -0.39 is 0 Å². The highest BCUT2D eigenvalue weighted by molar-refractivity contribution is 5.95. The van der Waals surface area contributed by atoms with E-state index >= 15 is 0 Å². The van der Waals surface area contributed by atoms with Crippen LogP contribution in [0, 0.1) is 0 Å². The number of carbonyl (C=O) groups is 1. The lowest BCUT2D eigenvalue weighted by Crippen LogP contribution is -2.28. The summed E-state index contributed by atoms with van der Waals surface area (Å²) in [5.41, 5.74) is 4.87. The molecule has 0 unspecified atom stereocenters. The van der Waals surface area contributed by atoms with Crippen molar-refractivity contribution in [2.24, 2.45) is 0 Å². The molecule has 2 heterocycles. The molecule has 0 radical (unpaired) electrons. The van der Waals surface area contributed by atoms with E-state index in [0.717, 1.165) is 37.1 Å². The van der Waals surface area contributed by atoms with Crippen LogP contribution in [0.2, 0.25) is 0 Å². The van der Waals surface area contributed by atoms with Gasteiger partial charge in [0.2, 0.25) is 5.75 Å². The number of pyridine rings is 1. The molecule has 186 valence electrons. The van der Waals surface area contributed by atoms with Crippen LogP contribution in [0.25, 0.3) is 11.4 Å². The van der Waals surface area contributed by atoms with Crippen LogP contribution in [0.5, 0.6) is 17.2 Å². The molecule has 0 bridgehead atoms. The van der Waals surface area contributed by atoms with Gasteiger partial charge in [0.25, 0.3) is 5.91 Å². The summed E-state index contributed by atoms with van der Waals surface area (Å²) in [4.78, 5) is 17.5. The lowest BCUT2D eigenvalue weighted by atomic mass is 9.95. The molecule has 0 spiro atoms. The summed E-state index contributed by atoms with van der Waals surface area (Å²) in [7, 11) is 0. The minimum atomic E-state index is -0.194. The predicted octanol–water partition coefficient (Wildman–Crippen LogP) is 4.45. The van der Waals surface area contributed by atoms with Crippen molar-refractivity contribution in [3.8, 4) is 28.6 Å². The first-order valence-electron chi connectivity index (χ1n) is 12.5. The van der Waals surface area contributed by atoms with E-state index in [1.807, 2.05) is 43.7 Å². The molecule has 35 heavy (non-hydrogen) atoms. The average molecular weight is 479 g/mol. The molecule has 1 N–H and O–H groups in total. The number of ether oxygens (including phenoxy) is 3. The molecule has 4 rings (SSSR count). The molecule has 1 aliphatic carbocycles. The van der Waals surface area contributed by atoms with Gasteiger partial charge >= 0.3 is 0 Å². The lowest BCUT2D eigenvalue weighted by Gasteiger charge is -2.17. The second-order valence-electron chi connectivity index (χ2n) is 8.28. The van der Waals surface area contributed by atoms with Gasteiger partial charge < -0.3 is 19.5 Å². The van der Waals surface area contributed by atoms with E-state index in [-0.39, 0.29) is 5.91 Å². The number of aromatic nitrogens is 3. The Bertz CT molecular complexity index is 1120. The number of fused-ring (bicyclic) bond motifs is 1. The second-order valence-corrected chi connectivity index (χ2v) is 8.28. The van der Waals surface area contributed by atoms with Gasteiger partial charge in [0.15, 0.2) is 11.5 Å². The van der Waals surface area contributed by atoms with Gasteiger partial charge in [-0.1, -0.05) is 6.07 Å². The third kappa shape index (κ3) is 5.58. The van der Waals surface area contributed by atoms with Crippen LogP contribution in [0.15, 0.2) is 36.5 Å². The van der Waals surface area contributed by atoms with Crippen molar-refractivity contribution >= 4 is 5.91 Å². The number of nitrogens with zero attached hydrogens (tertiary/aromatic N) is 3. The van der Waals surface area contributed by atoms with Crippen molar-refractivity contribution in [3.63, 3.8) is 0 Å². The van der Waals surface area contributed by atoms with Gasteiger partial charge in [0, 0.05) is 29.6 Å².